The molecule has 0 aliphatic rings. The fraction of sp³-hybridized carbons (Fsp3) is 0.333. The van der Waals surface area contributed by atoms with E-state index in [0.717, 1.165) is 30.6 Å². The minimum absolute atomic E-state index is 0.0980. The molecule has 0 saturated heterocycles. The van der Waals surface area contributed by atoms with E-state index >= 15 is 0 Å². The first-order valence-corrected chi connectivity index (χ1v) is 10.7. The minimum Gasteiger partial charge on any atom is -0.494 e. The molecule has 7 nitrogen and oxygen atoms in total. The van der Waals surface area contributed by atoms with E-state index in [-0.39, 0.29) is 30.0 Å². The van der Waals surface area contributed by atoms with Gasteiger partial charge in [0.2, 0.25) is 5.91 Å². The van der Waals surface area contributed by atoms with Gasteiger partial charge in [0, 0.05) is 24.9 Å². The van der Waals surface area contributed by atoms with Gasteiger partial charge in [-0.1, -0.05) is 49.4 Å². The topological polar surface area (TPSA) is 97.0 Å². The maximum absolute atomic E-state index is 12.4. The number of hydrogen-bond donors (Lipinski definition) is 2. The van der Waals surface area contributed by atoms with Crippen molar-refractivity contribution in [3.05, 3.63) is 76.2 Å². The number of nitrogens with one attached hydrogen (secondary N) is 2. The minimum atomic E-state index is -0.332. The summed E-state index contributed by atoms with van der Waals surface area (Å²) in [5.74, 6) is 0.996. The van der Waals surface area contributed by atoms with Gasteiger partial charge in [-0.2, -0.15) is 0 Å². The molecule has 0 unspecified atom stereocenters. The van der Waals surface area contributed by atoms with E-state index in [1.165, 1.54) is 5.56 Å². The van der Waals surface area contributed by atoms with Crippen molar-refractivity contribution in [1.82, 2.24) is 20.5 Å². The second-order valence-corrected chi connectivity index (χ2v) is 7.26. The van der Waals surface area contributed by atoms with E-state index in [9.17, 15) is 9.59 Å². The number of carbonyl (C=O) groups is 1. The van der Waals surface area contributed by atoms with Crippen LogP contribution < -0.4 is 15.6 Å². The molecule has 7 heteroatoms. The Morgan fingerprint density at radius 2 is 1.90 bits per heavy atom. The van der Waals surface area contributed by atoms with Gasteiger partial charge in [-0.25, -0.2) is 0 Å². The van der Waals surface area contributed by atoms with Gasteiger partial charge in [0.05, 0.1) is 6.61 Å². The van der Waals surface area contributed by atoms with Crippen LogP contribution in [0.1, 0.15) is 37.4 Å². The highest BCUT2D eigenvalue weighted by Crippen LogP contribution is 2.20. The number of rotatable bonds is 11. The van der Waals surface area contributed by atoms with E-state index in [4.69, 9.17) is 4.74 Å². The van der Waals surface area contributed by atoms with Crippen LogP contribution in [0, 0.1) is 0 Å². The Kier molecular flexibility index (Phi) is 8.34. The van der Waals surface area contributed by atoms with Crippen molar-refractivity contribution >= 4 is 5.91 Å². The van der Waals surface area contributed by atoms with Crippen molar-refractivity contribution < 1.29 is 9.53 Å². The van der Waals surface area contributed by atoms with Crippen LogP contribution in [0.4, 0.5) is 0 Å². The molecule has 0 spiro atoms. The Bertz CT molecular complexity index is 1030. The summed E-state index contributed by atoms with van der Waals surface area (Å²) in [6.07, 6.45) is 3.13. The molecular formula is C24H28N4O3. The summed E-state index contributed by atoms with van der Waals surface area (Å²) < 4.78 is 5.62. The van der Waals surface area contributed by atoms with Crippen LogP contribution in [0.2, 0.25) is 0 Å². The molecule has 0 radical (unpaired) electrons. The third-order valence-corrected chi connectivity index (χ3v) is 4.74. The second kappa shape index (κ2) is 11.6. The van der Waals surface area contributed by atoms with Crippen molar-refractivity contribution in [2.24, 2.45) is 0 Å². The monoisotopic (exact) mass is 420 g/mol. The molecule has 0 saturated carbocycles. The van der Waals surface area contributed by atoms with Gasteiger partial charge in [-0.15, -0.1) is 10.2 Å². The molecule has 2 N–H and O–H groups in total. The van der Waals surface area contributed by atoms with Gasteiger partial charge < -0.3 is 15.0 Å². The highest BCUT2D eigenvalue weighted by molar-refractivity contribution is 5.76. The summed E-state index contributed by atoms with van der Waals surface area (Å²) in [5, 5.41) is 11.1. The molecule has 0 bridgehead atoms. The van der Waals surface area contributed by atoms with Gasteiger partial charge >= 0.3 is 0 Å². The zero-order valence-corrected chi connectivity index (χ0v) is 17.8. The number of hydrogen-bond acceptors (Lipinski definition) is 5. The number of nitrogens with zero attached hydrogens (tertiary/aromatic N) is 2. The van der Waals surface area contributed by atoms with Crippen LogP contribution in [0.15, 0.2) is 59.4 Å². The highest BCUT2D eigenvalue weighted by Gasteiger charge is 2.10. The van der Waals surface area contributed by atoms with Crippen molar-refractivity contribution in [3.8, 4) is 17.1 Å². The third-order valence-electron chi connectivity index (χ3n) is 4.74. The molecule has 2 aromatic carbocycles. The largest absolute Gasteiger partial charge is 0.494 e. The second-order valence-electron chi connectivity index (χ2n) is 7.26. The van der Waals surface area contributed by atoms with Crippen LogP contribution in [0.5, 0.6) is 5.75 Å². The number of carbonyl (C=O) groups excluding carboxylic acids is 1. The number of aromatic nitrogens is 3. The van der Waals surface area contributed by atoms with Gasteiger partial charge in [-0.3, -0.25) is 9.59 Å². The highest BCUT2D eigenvalue weighted by atomic mass is 16.5. The molecule has 1 heterocycles. The molecule has 162 valence electrons. The Labute approximate surface area is 181 Å². The number of aryl methyl sites for hydroxylation is 2. The van der Waals surface area contributed by atoms with E-state index in [2.05, 4.69) is 32.6 Å². The lowest BCUT2D eigenvalue weighted by Crippen LogP contribution is -2.26. The van der Waals surface area contributed by atoms with Crippen LogP contribution in [0.3, 0.4) is 0 Å². The summed E-state index contributed by atoms with van der Waals surface area (Å²) in [7, 11) is 0. The van der Waals surface area contributed by atoms with E-state index in [1.807, 2.05) is 49.4 Å². The van der Waals surface area contributed by atoms with Gasteiger partial charge in [0.15, 0.2) is 5.82 Å². The van der Waals surface area contributed by atoms with E-state index < -0.39 is 0 Å². The normalized spacial score (nSPS) is 10.6. The Morgan fingerprint density at radius 3 is 2.68 bits per heavy atom. The van der Waals surface area contributed by atoms with Crippen LogP contribution in [-0.2, 0) is 17.6 Å². The van der Waals surface area contributed by atoms with Crippen LogP contribution in [0.25, 0.3) is 11.4 Å². The summed E-state index contributed by atoms with van der Waals surface area (Å²) in [5.41, 5.74) is 1.89. The molecule has 31 heavy (non-hydrogen) atoms. The van der Waals surface area contributed by atoms with Crippen LogP contribution in [-0.4, -0.2) is 34.2 Å². The number of amides is 1. The van der Waals surface area contributed by atoms with E-state index in [0.29, 0.717) is 19.0 Å². The molecule has 3 aromatic rings. The predicted molar refractivity (Wildman–Crippen MR) is 120 cm³/mol. The first-order valence-electron chi connectivity index (χ1n) is 10.7. The summed E-state index contributed by atoms with van der Waals surface area (Å²) in [6, 6.07) is 17.5. The third kappa shape index (κ3) is 7.06. The van der Waals surface area contributed by atoms with Crippen molar-refractivity contribution in [3.63, 3.8) is 0 Å². The van der Waals surface area contributed by atoms with Gasteiger partial charge in [0.1, 0.15) is 11.4 Å². The van der Waals surface area contributed by atoms with Crippen molar-refractivity contribution in [1.29, 1.82) is 0 Å². The summed E-state index contributed by atoms with van der Waals surface area (Å²) >= 11 is 0. The lowest BCUT2D eigenvalue weighted by molar-refractivity contribution is -0.121. The molecule has 1 aromatic heterocycles. The number of ether oxygens (including phenoxy) is 1. The fourth-order valence-corrected chi connectivity index (χ4v) is 3.09. The molecular weight excluding hydrogens is 392 g/mol. The molecule has 0 aliphatic heterocycles. The number of aromatic amines is 1. The standard InChI is InChI=1S/C24H28N4O3/c1-2-16-31-20-12-6-11-19(17-20)23-26-24(30)21(27-28-23)13-14-22(29)25-15-7-10-18-8-4-3-5-9-18/h3-6,8-9,11-12,17H,2,7,10,13-16H2,1H3,(H,25,29)(H,26,28,30). The average molecular weight is 421 g/mol. The molecule has 0 atom stereocenters. The zero-order chi connectivity index (χ0) is 21.9. The summed E-state index contributed by atoms with van der Waals surface area (Å²) in [4.78, 5) is 27.2. The molecule has 3 rings (SSSR count). The average Bonchev–Trinajstić information content (AvgIpc) is 2.80. The quantitative estimate of drug-likeness (QED) is 0.464. The lowest BCUT2D eigenvalue weighted by Gasteiger charge is -2.07. The zero-order valence-electron chi connectivity index (χ0n) is 17.8. The van der Waals surface area contributed by atoms with Gasteiger partial charge in [0.25, 0.3) is 5.56 Å². The molecule has 0 fully saturated rings. The Hall–Kier alpha value is -3.48. The maximum Gasteiger partial charge on any atom is 0.273 e. The number of H-pyrrole nitrogens is 1. The Balaban J connectivity index is 1.48. The van der Waals surface area contributed by atoms with Crippen molar-refractivity contribution in [2.75, 3.05) is 13.2 Å². The fourth-order valence-electron chi connectivity index (χ4n) is 3.09. The first kappa shape index (κ1) is 22.2. The summed E-state index contributed by atoms with van der Waals surface area (Å²) in [6.45, 7) is 3.26. The Morgan fingerprint density at radius 1 is 1.06 bits per heavy atom. The first-order chi connectivity index (χ1) is 15.2. The van der Waals surface area contributed by atoms with Crippen molar-refractivity contribution in [2.45, 2.75) is 39.0 Å². The molecule has 0 aliphatic carbocycles. The lowest BCUT2D eigenvalue weighted by atomic mass is 10.1. The van der Waals surface area contributed by atoms with Crippen LogP contribution >= 0.6 is 0 Å². The van der Waals surface area contributed by atoms with Gasteiger partial charge in [-0.05, 0) is 37.0 Å². The molecule has 1 amide bonds. The maximum atomic E-state index is 12.4. The SMILES string of the molecule is CCCOc1cccc(-c2nnc(CCC(=O)NCCCc3ccccc3)c(=O)[nH]2)c1. The number of benzene rings is 2. The smallest absolute Gasteiger partial charge is 0.273 e. The van der Waals surface area contributed by atoms with E-state index in [1.54, 1.807) is 0 Å². The predicted octanol–water partition coefficient (Wildman–Crippen LogP) is 3.30.